The van der Waals surface area contributed by atoms with Crippen LogP contribution in [0.1, 0.15) is 59.3 Å². The quantitative estimate of drug-likeness (QED) is 0.817. The molecular formula is C16H32N2. The van der Waals surface area contributed by atoms with Gasteiger partial charge in [0.1, 0.15) is 0 Å². The van der Waals surface area contributed by atoms with Crippen LogP contribution in [0, 0.1) is 17.3 Å². The van der Waals surface area contributed by atoms with Crippen molar-refractivity contribution < 1.29 is 0 Å². The molecule has 1 aliphatic carbocycles. The van der Waals surface area contributed by atoms with E-state index in [1.54, 1.807) is 0 Å². The van der Waals surface area contributed by atoms with Gasteiger partial charge in [-0.25, -0.2) is 0 Å². The highest BCUT2D eigenvalue weighted by atomic mass is 15.2. The Kier molecular flexibility index (Phi) is 4.71. The topological polar surface area (TPSA) is 29.3 Å². The fourth-order valence-corrected chi connectivity index (χ4v) is 4.15. The van der Waals surface area contributed by atoms with Gasteiger partial charge in [0.15, 0.2) is 0 Å². The van der Waals surface area contributed by atoms with E-state index >= 15 is 0 Å². The minimum atomic E-state index is 0.459. The lowest BCUT2D eigenvalue weighted by atomic mass is 9.68. The number of piperidine rings is 1. The van der Waals surface area contributed by atoms with Crippen LogP contribution in [-0.4, -0.2) is 30.6 Å². The molecule has 0 aromatic heterocycles. The molecule has 2 heteroatoms. The Morgan fingerprint density at radius 2 is 1.78 bits per heavy atom. The molecule has 3 atom stereocenters. The van der Waals surface area contributed by atoms with Crippen LogP contribution < -0.4 is 5.73 Å². The first-order valence-corrected chi connectivity index (χ1v) is 7.96. The van der Waals surface area contributed by atoms with E-state index in [1.165, 1.54) is 51.6 Å². The summed E-state index contributed by atoms with van der Waals surface area (Å²) in [5.74, 6) is 1.63. The Hall–Kier alpha value is -0.0800. The summed E-state index contributed by atoms with van der Waals surface area (Å²) < 4.78 is 0. The van der Waals surface area contributed by atoms with Crippen molar-refractivity contribution in [2.75, 3.05) is 19.6 Å². The molecule has 2 nitrogen and oxygen atoms in total. The molecule has 3 unspecified atom stereocenters. The Balaban J connectivity index is 2.04. The molecule has 1 heterocycles. The van der Waals surface area contributed by atoms with Crippen molar-refractivity contribution in [2.45, 2.75) is 65.3 Å². The minimum absolute atomic E-state index is 0.459. The molecular weight excluding hydrogens is 220 g/mol. The molecule has 0 aromatic carbocycles. The maximum atomic E-state index is 5.89. The largest absolute Gasteiger partial charge is 0.330 e. The van der Waals surface area contributed by atoms with Crippen molar-refractivity contribution in [3.8, 4) is 0 Å². The summed E-state index contributed by atoms with van der Waals surface area (Å²) in [6, 6.07) is 0.827. The average molecular weight is 252 g/mol. The van der Waals surface area contributed by atoms with Gasteiger partial charge < -0.3 is 5.73 Å². The molecule has 0 spiro atoms. The highest BCUT2D eigenvalue weighted by Gasteiger charge is 2.38. The highest BCUT2D eigenvalue weighted by molar-refractivity contribution is 4.91. The zero-order valence-corrected chi connectivity index (χ0v) is 12.6. The fraction of sp³-hybridized carbons (Fsp3) is 1.00. The molecule has 1 saturated heterocycles. The number of rotatable bonds is 2. The molecule has 0 aromatic rings. The van der Waals surface area contributed by atoms with Gasteiger partial charge in [-0.05, 0) is 56.0 Å². The van der Waals surface area contributed by atoms with Crippen LogP contribution in [0.3, 0.4) is 0 Å². The van der Waals surface area contributed by atoms with E-state index in [4.69, 9.17) is 5.73 Å². The van der Waals surface area contributed by atoms with Crippen LogP contribution in [-0.2, 0) is 0 Å². The molecule has 2 N–H and O–H groups in total. The standard InChI is InChI=1S/C16H32N2/c1-16(2,3)14-8-4-5-9-15(14)18-10-6-7-13(11-17)12-18/h13-15H,4-12,17H2,1-3H3. The van der Waals surface area contributed by atoms with Gasteiger partial charge in [0.2, 0.25) is 0 Å². The van der Waals surface area contributed by atoms with Gasteiger partial charge >= 0.3 is 0 Å². The lowest BCUT2D eigenvalue weighted by Gasteiger charge is -2.48. The summed E-state index contributed by atoms with van der Waals surface area (Å²) in [5, 5.41) is 0. The van der Waals surface area contributed by atoms with Crippen LogP contribution in [0.5, 0.6) is 0 Å². The zero-order chi connectivity index (χ0) is 13.2. The van der Waals surface area contributed by atoms with Crippen LogP contribution in [0.4, 0.5) is 0 Å². The monoisotopic (exact) mass is 252 g/mol. The summed E-state index contributed by atoms with van der Waals surface area (Å²) in [5.41, 5.74) is 6.35. The summed E-state index contributed by atoms with van der Waals surface area (Å²) in [6.07, 6.45) is 8.42. The van der Waals surface area contributed by atoms with Gasteiger partial charge in [0, 0.05) is 12.6 Å². The smallest absolute Gasteiger partial charge is 0.0129 e. The van der Waals surface area contributed by atoms with E-state index in [-0.39, 0.29) is 0 Å². The lowest BCUT2D eigenvalue weighted by Crippen LogP contribution is -2.51. The maximum absolute atomic E-state index is 5.89. The van der Waals surface area contributed by atoms with Crippen molar-refractivity contribution in [3.63, 3.8) is 0 Å². The van der Waals surface area contributed by atoms with Gasteiger partial charge in [-0.15, -0.1) is 0 Å². The maximum Gasteiger partial charge on any atom is 0.0129 e. The second-order valence-electron chi connectivity index (χ2n) is 7.56. The number of nitrogens with zero attached hydrogens (tertiary/aromatic N) is 1. The van der Waals surface area contributed by atoms with Crippen molar-refractivity contribution in [1.29, 1.82) is 0 Å². The lowest BCUT2D eigenvalue weighted by molar-refractivity contribution is 0.0177. The molecule has 106 valence electrons. The van der Waals surface area contributed by atoms with Crippen molar-refractivity contribution in [2.24, 2.45) is 23.0 Å². The van der Waals surface area contributed by atoms with Crippen molar-refractivity contribution >= 4 is 0 Å². The van der Waals surface area contributed by atoms with Crippen LogP contribution in [0.15, 0.2) is 0 Å². The third-order valence-corrected chi connectivity index (χ3v) is 5.19. The summed E-state index contributed by atoms with van der Waals surface area (Å²) in [6.45, 7) is 10.7. The van der Waals surface area contributed by atoms with Gasteiger partial charge in [0.25, 0.3) is 0 Å². The van der Waals surface area contributed by atoms with E-state index < -0.39 is 0 Å². The highest BCUT2D eigenvalue weighted by Crippen LogP contribution is 2.41. The Labute approximate surface area is 113 Å². The summed E-state index contributed by atoms with van der Waals surface area (Å²) in [7, 11) is 0. The average Bonchev–Trinajstić information content (AvgIpc) is 2.38. The molecule has 0 bridgehead atoms. The van der Waals surface area contributed by atoms with E-state index in [1.807, 2.05) is 0 Å². The van der Waals surface area contributed by atoms with E-state index in [0.29, 0.717) is 5.41 Å². The van der Waals surface area contributed by atoms with Crippen molar-refractivity contribution in [3.05, 3.63) is 0 Å². The fourth-order valence-electron chi connectivity index (χ4n) is 4.15. The summed E-state index contributed by atoms with van der Waals surface area (Å²) in [4.78, 5) is 2.79. The van der Waals surface area contributed by atoms with Crippen LogP contribution in [0.25, 0.3) is 0 Å². The van der Waals surface area contributed by atoms with Crippen LogP contribution >= 0.6 is 0 Å². The first-order valence-electron chi connectivity index (χ1n) is 7.96. The zero-order valence-electron chi connectivity index (χ0n) is 12.6. The van der Waals surface area contributed by atoms with E-state index in [0.717, 1.165) is 24.4 Å². The van der Waals surface area contributed by atoms with Crippen LogP contribution in [0.2, 0.25) is 0 Å². The number of hydrogen-bond donors (Lipinski definition) is 1. The van der Waals surface area contributed by atoms with Crippen molar-refractivity contribution in [1.82, 2.24) is 4.90 Å². The molecule has 2 rings (SSSR count). The number of nitrogens with two attached hydrogens (primary N) is 1. The second kappa shape index (κ2) is 5.92. The Bertz CT molecular complexity index is 256. The molecule has 0 radical (unpaired) electrons. The first-order chi connectivity index (χ1) is 8.52. The SMILES string of the molecule is CC(C)(C)C1CCCCC1N1CCCC(CN)C1. The third-order valence-electron chi connectivity index (χ3n) is 5.19. The third kappa shape index (κ3) is 3.27. The molecule has 2 fully saturated rings. The van der Waals surface area contributed by atoms with E-state index in [9.17, 15) is 0 Å². The normalized spacial score (nSPS) is 35.7. The predicted octanol–water partition coefficient (Wildman–Crippen LogP) is 3.26. The molecule has 1 saturated carbocycles. The van der Waals surface area contributed by atoms with Gasteiger partial charge in [-0.2, -0.15) is 0 Å². The number of likely N-dealkylation sites (tertiary alicyclic amines) is 1. The molecule has 18 heavy (non-hydrogen) atoms. The van der Waals surface area contributed by atoms with E-state index in [2.05, 4.69) is 25.7 Å². The van der Waals surface area contributed by atoms with Gasteiger partial charge in [0.05, 0.1) is 0 Å². The molecule has 0 amide bonds. The van der Waals surface area contributed by atoms with Gasteiger partial charge in [-0.1, -0.05) is 33.6 Å². The Morgan fingerprint density at radius 1 is 1.06 bits per heavy atom. The van der Waals surface area contributed by atoms with Gasteiger partial charge in [-0.3, -0.25) is 4.90 Å². The second-order valence-corrected chi connectivity index (χ2v) is 7.56. The minimum Gasteiger partial charge on any atom is -0.330 e. The molecule has 1 aliphatic heterocycles. The number of hydrogen-bond acceptors (Lipinski definition) is 2. The first kappa shape index (κ1) is 14.3. The summed E-state index contributed by atoms with van der Waals surface area (Å²) >= 11 is 0. The molecule has 2 aliphatic rings. The predicted molar refractivity (Wildman–Crippen MR) is 78.6 cm³/mol. The Morgan fingerprint density at radius 3 is 2.44 bits per heavy atom.